The van der Waals surface area contributed by atoms with E-state index in [1.165, 1.54) is 13.8 Å². The molecule has 1 heterocycles. The molecular formula is C12H18O7. The van der Waals surface area contributed by atoms with Crippen molar-refractivity contribution in [3.05, 3.63) is 0 Å². The molecule has 4 unspecified atom stereocenters. The minimum Gasteiger partial charge on any atom is -0.481 e. The Labute approximate surface area is 110 Å². The lowest BCUT2D eigenvalue weighted by Gasteiger charge is -2.09. The Morgan fingerprint density at radius 3 is 1.32 bits per heavy atom. The van der Waals surface area contributed by atoms with Gasteiger partial charge in [0.15, 0.2) is 0 Å². The predicted molar refractivity (Wildman–Crippen MR) is 63.0 cm³/mol. The number of esters is 2. The van der Waals surface area contributed by atoms with Crippen LogP contribution in [0.5, 0.6) is 0 Å². The quantitative estimate of drug-likeness (QED) is 0.576. The number of aliphatic carboxylic acids is 2. The van der Waals surface area contributed by atoms with Gasteiger partial charge in [0.05, 0.1) is 23.7 Å². The first-order valence-corrected chi connectivity index (χ1v) is 5.80. The highest BCUT2D eigenvalue weighted by atomic mass is 16.6. The van der Waals surface area contributed by atoms with Gasteiger partial charge in [0.25, 0.3) is 0 Å². The second kappa shape index (κ2) is 6.86. The van der Waals surface area contributed by atoms with Crippen LogP contribution in [0.2, 0.25) is 0 Å². The van der Waals surface area contributed by atoms with Crippen molar-refractivity contribution in [2.45, 2.75) is 27.7 Å². The van der Waals surface area contributed by atoms with Crippen LogP contribution in [0.25, 0.3) is 0 Å². The molecule has 7 nitrogen and oxygen atoms in total. The van der Waals surface area contributed by atoms with Gasteiger partial charge < -0.3 is 14.9 Å². The summed E-state index contributed by atoms with van der Waals surface area (Å²) in [6, 6.07) is 0. The first-order valence-electron chi connectivity index (χ1n) is 5.80. The van der Waals surface area contributed by atoms with Crippen molar-refractivity contribution < 1.29 is 34.1 Å². The summed E-state index contributed by atoms with van der Waals surface area (Å²) in [6.07, 6.45) is 0. The Morgan fingerprint density at radius 1 is 0.947 bits per heavy atom. The Hall–Kier alpha value is -1.92. The molecule has 1 saturated heterocycles. The molecule has 0 saturated carbocycles. The average molecular weight is 274 g/mol. The SMILES string of the molecule is CC(C(=O)O)C(C)C(=O)O.CC1C(=O)OC(=O)C1C. The lowest BCUT2D eigenvalue weighted by Crippen LogP contribution is -2.24. The van der Waals surface area contributed by atoms with Crippen LogP contribution in [0.4, 0.5) is 0 Å². The van der Waals surface area contributed by atoms with E-state index in [1.807, 2.05) is 0 Å². The van der Waals surface area contributed by atoms with Gasteiger partial charge in [-0.2, -0.15) is 0 Å². The van der Waals surface area contributed by atoms with Crippen molar-refractivity contribution in [2.75, 3.05) is 0 Å². The lowest BCUT2D eigenvalue weighted by molar-refractivity contribution is -0.153. The zero-order valence-electron chi connectivity index (χ0n) is 11.2. The van der Waals surface area contributed by atoms with Crippen molar-refractivity contribution in [1.29, 1.82) is 0 Å². The fourth-order valence-corrected chi connectivity index (χ4v) is 1.12. The normalized spacial score (nSPS) is 24.8. The van der Waals surface area contributed by atoms with Gasteiger partial charge >= 0.3 is 23.9 Å². The third-order valence-corrected chi connectivity index (χ3v) is 3.22. The number of ether oxygens (including phenoxy) is 1. The van der Waals surface area contributed by atoms with E-state index in [1.54, 1.807) is 13.8 Å². The summed E-state index contributed by atoms with van der Waals surface area (Å²) in [7, 11) is 0. The lowest BCUT2D eigenvalue weighted by atomic mass is 9.97. The van der Waals surface area contributed by atoms with Crippen LogP contribution in [0.3, 0.4) is 0 Å². The molecule has 1 fully saturated rings. The number of hydrogen-bond acceptors (Lipinski definition) is 5. The summed E-state index contributed by atoms with van der Waals surface area (Å²) >= 11 is 0. The summed E-state index contributed by atoms with van der Waals surface area (Å²) in [5.41, 5.74) is 0. The molecule has 4 atom stereocenters. The Morgan fingerprint density at radius 2 is 1.21 bits per heavy atom. The minimum absolute atomic E-state index is 0.252. The second-order valence-corrected chi connectivity index (χ2v) is 4.57. The van der Waals surface area contributed by atoms with Gasteiger partial charge in [-0.1, -0.05) is 27.7 Å². The summed E-state index contributed by atoms with van der Waals surface area (Å²) in [5, 5.41) is 16.7. The van der Waals surface area contributed by atoms with Crippen LogP contribution in [-0.2, 0) is 23.9 Å². The Bertz CT molecular complexity index is 352. The largest absolute Gasteiger partial charge is 0.481 e. The number of carboxylic acids is 2. The van der Waals surface area contributed by atoms with Crippen molar-refractivity contribution in [3.63, 3.8) is 0 Å². The molecule has 0 radical (unpaired) electrons. The molecule has 1 aliphatic heterocycles. The van der Waals surface area contributed by atoms with Gasteiger partial charge in [-0.05, 0) is 0 Å². The van der Waals surface area contributed by atoms with E-state index in [0.29, 0.717) is 0 Å². The van der Waals surface area contributed by atoms with E-state index in [4.69, 9.17) is 10.2 Å². The van der Waals surface area contributed by atoms with Crippen LogP contribution in [-0.4, -0.2) is 34.1 Å². The van der Waals surface area contributed by atoms with Crippen molar-refractivity contribution in [1.82, 2.24) is 0 Å². The highest BCUT2D eigenvalue weighted by Crippen LogP contribution is 2.21. The molecule has 0 aromatic heterocycles. The van der Waals surface area contributed by atoms with E-state index in [-0.39, 0.29) is 11.8 Å². The number of carbonyl (C=O) groups is 4. The summed E-state index contributed by atoms with van der Waals surface area (Å²) in [4.78, 5) is 41.5. The molecule has 2 N–H and O–H groups in total. The van der Waals surface area contributed by atoms with Crippen LogP contribution in [0.1, 0.15) is 27.7 Å². The highest BCUT2D eigenvalue weighted by Gasteiger charge is 2.37. The molecule has 0 bridgehead atoms. The minimum atomic E-state index is -1.07. The second-order valence-electron chi connectivity index (χ2n) is 4.57. The molecule has 0 spiro atoms. The molecule has 0 aromatic rings. The molecule has 0 aliphatic carbocycles. The molecule has 1 aliphatic rings. The third-order valence-electron chi connectivity index (χ3n) is 3.22. The molecule has 0 aromatic carbocycles. The van der Waals surface area contributed by atoms with E-state index >= 15 is 0 Å². The fraction of sp³-hybridized carbons (Fsp3) is 0.667. The van der Waals surface area contributed by atoms with Crippen LogP contribution >= 0.6 is 0 Å². The van der Waals surface area contributed by atoms with Gasteiger partial charge in [0.2, 0.25) is 0 Å². The number of carboxylic acid groups (broad SMARTS) is 2. The van der Waals surface area contributed by atoms with E-state index in [2.05, 4.69) is 4.74 Å². The maximum atomic E-state index is 10.6. The predicted octanol–water partition coefficient (Wildman–Crippen LogP) is 0.770. The molecule has 108 valence electrons. The highest BCUT2D eigenvalue weighted by molar-refractivity contribution is 5.95. The van der Waals surface area contributed by atoms with Crippen LogP contribution in [0, 0.1) is 23.7 Å². The smallest absolute Gasteiger partial charge is 0.317 e. The number of carbonyl (C=O) groups excluding carboxylic acids is 2. The maximum Gasteiger partial charge on any atom is 0.317 e. The number of cyclic esters (lactones) is 2. The zero-order valence-corrected chi connectivity index (χ0v) is 11.2. The average Bonchev–Trinajstić information content (AvgIpc) is 2.55. The van der Waals surface area contributed by atoms with Crippen molar-refractivity contribution >= 4 is 23.9 Å². The molecular weight excluding hydrogens is 256 g/mol. The standard InChI is InChI=1S/C6H10O4.C6H8O3/c1-3(5(7)8)4(2)6(9)10;1-3-4(2)6(8)9-5(3)7/h3-4H,1-2H3,(H,7,8)(H,9,10);3-4H,1-2H3. The van der Waals surface area contributed by atoms with Gasteiger partial charge in [-0.15, -0.1) is 0 Å². The summed E-state index contributed by atoms with van der Waals surface area (Å²) in [6.45, 7) is 6.14. The monoisotopic (exact) mass is 274 g/mol. The first kappa shape index (κ1) is 17.1. The van der Waals surface area contributed by atoms with Crippen molar-refractivity contribution in [3.8, 4) is 0 Å². The summed E-state index contributed by atoms with van der Waals surface area (Å²) in [5.74, 6) is -5.09. The number of hydrogen-bond donors (Lipinski definition) is 2. The van der Waals surface area contributed by atoms with Crippen LogP contribution in [0.15, 0.2) is 0 Å². The molecule has 0 amide bonds. The Kier molecular flexibility index (Phi) is 6.17. The molecule has 19 heavy (non-hydrogen) atoms. The Balaban J connectivity index is 0.000000342. The first-order chi connectivity index (χ1) is 8.59. The zero-order chi connectivity index (χ0) is 15.3. The summed E-state index contributed by atoms with van der Waals surface area (Å²) < 4.78 is 4.31. The third kappa shape index (κ3) is 4.69. The van der Waals surface area contributed by atoms with E-state index in [0.717, 1.165) is 0 Å². The van der Waals surface area contributed by atoms with Gasteiger partial charge in [0, 0.05) is 0 Å². The van der Waals surface area contributed by atoms with Gasteiger partial charge in [-0.3, -0.25) is 19.2 Å². The number of rotatable bonds is 3. The van der Waals surface area contributed by atoms with E-state index in [9.17, 15) is 19.2 Å². The fourth-order valence-electron chi connectivity index (χ4n) is 1.12. The molecule has 7 heteroatoms. The van der Waals surface area contributed by atoms with Gasteiger partial charge in [0.1, 0.15) is 0 Å². The van der Waals surface area contributed by atoms with E-state index < -0.39 is 35.7 Å². The van der Waals surface area contributed by atoms with Crippen LogP contribution < -0.4 is 0 Å². The van der Waals surface area contributed by atoms with Gasteiger partial charge in [-0.25, -0.2) is 0 Å². The maximum absolute atomic E-state index is 10.6. The van der Waals surface area contributed by atoms with Crippen molar-refractivity contribution in [2.24, 2.45) is 23.7 Å². The topological polar surface area (TPSA) is 118 Å². The molecule has 1 rings (SSSR count).